The zero-order valence-electron chi connectivity index (χ0n) is 7.75. The number of carbonyl (C=O) groups excluding carboxylic acids is 1. The summed E-state index contributed by atoms with van der Waals surface area (Å²) >= 11 is 0. The summed E-state index contributed by atoms with van der Waals surface area (Å²) < 4.78 is 4.59. The van der Waals surface area contributed by atoms with Crippen molar-refractivity contribution >= 4 is 11.8 Å². The standard InChI is InChI=1S/C7H12N4O3/c1-2-14-7(13)5(12)4-11-9-3-6(8)10-11/h3,5,12H,2,4H2,1H3,(H2,8,10). The van der Waals surface area contributed by atoms with Gasteiger partial charge in [-0.25, -0.2) is 4.79 Å². The van der Waals surface area contributed by atoms with Gasteiger partial charge in [0.05, 0.1) is 19.3 Å². The van der Waals surface area contributed by atoms with Gasteiger partial charge < -0.3 is 15.6 Å². The molecule has 1 aromatic heterocycles. The average Bonchev–Trinajstić information content (AvgIpc) is 2.51. The lowest BCUT2D eigenvalue weighted by Gasteiger charge is -2.07. The van der Waals surface area contributed by atoms with Crippen LogP contribution in [0.2, 0.25) is 0 Å². The molecule has 0 amide bonds. The predicted octanol–water partition coefficient (Wildman–Crippen LogP) is -1.22. The van der Waals surface area contributed by atoms with Crippen LogP contribution in [0.15, 0.2) is 6.20 Å². The number of aromatic nitrogens is 3. The molecule has 14 heavy (non-hydrogen) atoms. The number of nitrogen functional groups attached to an aromatic ring is 1. The minimum atomic E-state index is -1.26. The highest BCUT2D eigenvalue weighted by atomic mass is 16.5. The van der Waals surface area contributed by atoms with Gasteiger partial charge in [0.25, 0.3) is 0 Å². The van der Waals surface area contributed by atoms with E-state index >= 15 is 0 Å². The third kappa shape index (κ3) is 2.70. The van der Waals surface area contributed by atoms with Crippen LogP contribution in [0, 0.1) is 0 Å². The minimum Gasteiger partial charge on any atom is -0.464 e. The quantitative estimate of drug-likeness (QED) is 0.591. The van der Waals surface area contributed by atoms with Crippen LogP contribution < -0.4 is 5.73 Å². The maximum atomic E-state index is 11.0. The third-order valence-corrected chi connectivity index (χ3v) is 1.45. The van der Waals surface area contributed by atoms with Crippen LogP contribution in [0.4, 0.5) is 5.82 Å². The highest BCUT2D eigenvalue weighted by molar-refractivity contribution is 5.74. The van der Waals surface area contributed by atoms with Crippen molar-refractivity contribution in [3.05, 3.63) is 6.20 Å². The second-order valence-electron chi connectivity index (χ2n) is 2.59. The van der Waals surface area contributed by atoms with Crippen molar-refractivity contribution in [3.8, 4) is 0 Å². The SMILES string of the molecule is CCOC(=O)C(O)Cn1ncc(N)n1. The number of hydrogen-bond donors (Lipinski definition) is 2. The molecule has 7 nitrogen and oxygen atoms in total. The lowest BCUT2D eigenvalue weighted by atomic mass is 10.4. The van der Waals surface area contributed by atoms with E-state index in [0.29, 0.717) is 0 Å². The Morgan fingerprint density at radius 1 is 1.86 bits per heavy atom. The monoisotopic (exact) mass is 200 g/mol. The third-order valence-electron chi connectivity index (χ3n) is 1.45. The van der Waals surface area contributed by atoms with Gasteiger partial charge in [0.2, 0.25) is 0 Å². The summed E-state index contributed by atoms with van der Waals surface area (Å²) in [6, 6.07) is 0. The number of nitrogens with zero attached hydrogens (tertiary/aromatic N) is 3. The van der Waals surface area contributed by atoms with Crippen LogP contribution in [0.5, 0.6) is 0 Å². The van der Waals surface area contributed by atoms with Crippen molar-refractivity contribution in [2.45, 2.75) is 19.6 Å². The summed E-state index contributed by atoms with van der Waals surface area (Å²) in [7, 11) is 0. The first-order valence-corrected chi connectivity index (χ1v) is 4.13. The normalized spacial score (nSPS) is 12.4. The highest BCUT2D eigenvalue weighted by Crippen LogP contribution is 1.95. The molecule has 0 spiro atoms. The molecule has 0 bridgehead atoms. The molecule has 0 radical (unpaired) electrons. The maximum Gasteiger partial charge on any atom is 0.336 e. The summed E-state index contributed by atoms with van der Waals surface area (Å²) in [5, 5.41) is 16.7. The van der Waals surface area contributed by atoms with E-state index in [9.17, 15) is 9.90 Å². The minimum absolute atomic E-state index is 0.0595. The summed E-state index contributed by atoms with van der Waals surface area (Å²) in [4.78, 5) is 12.1. The van der Waals surface area contributed by atoms with Gasteiger partial charge in [-0.1, -0.05) is 0 Å². The zero-order valence-corrected chi connectivity index (χ0v) is 7.75. The predicted molar refractivity (Wildman–Crippen MR) is 47.1 cm³/mol. The first-order chi connectivity index (χ1) is 6.63. The molecule has 1 aromatic rings. The van der Waals surface area contributed by atoms with E-state index < -0.39 is 12.1 Å². The van der Waals surface area contributed by atoms with Crippen LogP contribution >= 0.6 is 0 Å². The number of carbonyl (C=O) groups is 1. The summed E-state index contributed by atoms with van der Waals surface area (Å²) in [6.07, 6.45) is 0.0690. The Kier molecular flexibility index (Phi) is 3.41. The van der Waals surface area contributed by atoms with Crippen LogP contribution in [-0.2, 0) is 16.1 Å². The summed E-state index contributed by atoms with van der Waals surface area (Å²) in [5.74, 6) is -0.454. The molecule has 78 valence electrons. The Bertz CT molecular complexity index is 312. The van der Waals surface area contributed by atoms with Gasteiger partial charge in [-0.15, -0.1) is 5.10 Å². The Labute approximate surface area is 80.5 Å². The van der Waals surface area contributed by atoms with Crippen molar-refractivity contribution in [2.75, 3.05) is 12.3 Å². The highest BCUT2D eigenvalue weighted by Gasteiger charge is 2.17. The van der Waals surface area contributed by atoms with Crippen molar-refractivity contribution in [1.29, 1.82) is 0 Å². The van der Waals surface area contributed by atoms with E-state index in [2.05, 4.69) is 14.9 Å². The number of rotatable bonds is 4. The topological polar surface area (TPSA) is 103 Å². The van der Waals surface area contributed by atoms with Crippen LogP contribution in [0.25, 0.3) is 0 Å². The molecule has 0 aromatic carbocycles. The lowest BCUT2D eigenvalue weighted by Crippen LogP contribution is -2.29. The summed E-state index contributed by atoms with van der Waals surface area (Å²) in [6.45, 7) is 1.83. The molecule has 0 aliphatic heterocycles. The van der Waals surface area contributed by atoms with Gasteiger partial charge in [0.15, 0.2) is 11.9 Å². The fourth-order valence-corrected chi connectivity index (χ4v) is 0.866. The number of hydrogen-bond acceptors (Lipinski definition) is 6. The maximum absolute atomic E-state index is 11.0. The first kappa shape index (κ1) is 10.5. The molecule has 1 atom stereocenters. The molecule has 7 heteroatoms. The fraction of sp³-hybridized carbons (Fsp3) is 0.571. The number of esters is 1. The Morgan fingerprint density at radius 3 is 3.07 bits per heavy atom. The van der Waals surface area contributed by atoms with E-state index in [4.69, 9.17) is 5.73 Å². The molecule has 0 fully saturated rings. The van der Waals surface area contributed by atoms with Crippen molar-refractivity contribution < 1.29 is 14.6 Å². The van der Waals surface area contributed by atoms with Crippen molar-refractivity contribution in [2.24, 2.45) is 0 Å². The number of nitrogens with two attached hydrogens (primary N) is 1. The molecule has 0 saturated carbocycles. The largest absolute Gasteiger partial charge is 0.464 e. The average molecular weight is 200 g/mol. The van der Waals surface area contributed by atoms with Crippen LogP contribution in [0.3, 0.4) is 0 Å². The molecular weight excluding hydrogens is 188 g/mol. The molecule has 1 rings (SSSR count). The van der Waals surface area contributed by atoms with Gasteiger partial charge in [-0.05, 0) is 6.92 Å². The van der Waals surface area contributed by atoms with Gasteiger partial charge >= 0.3 is 5.97 Å². The Balaban J connectivity index is 2.48. The molecule has 0 aliphatic rings. The first-order valence-electron chi connectivity index (χ1n) is 4.13. The van der Waals surface area contributed by atoms with E-state index in [0.717, 1.165) is 4.80 Å². The number of aliphatic hydroxyl groups excluding tert-OH is 1. The number of aliphatic hydroxyl groups is 1. The van der Waals surface area contributed by atoms with Crippen molar-refractivity contribution in [1.82, 2.24) is 15.0 Å². The van der Waals surface area contributed by atoms with E-state index in [1.807, 2.05) is 0 Å². The van der Waals surface area contributed by atoms with Crippen LogP contribution in [-0.4, -0.2) is 38.8 Å². The zero-order chi connectivity index (χ0) is 10.6. The molecule has 1 heterocycles. The molecule has 0 aliphatic carbocycles. The number of anilines is 1. The van der Waals surface area contributed by atoms with Gasteiger partial charge in [-0.2, -0.15) is 9.90 Å². The Hall–Kier alpha value is -1.63. The van der Waals surface area contributed by atoms with Crippen LogP contribution in [0.1, 0.15) is 6.92 Å². The second kappa shape index (κ2) is 4.56. The van der Waals surface area contributed by atoms with E-state index in [1.54, 1.807) is 6.92 Å². The molecular formula is C7H12N4O3. The Morgan fingerprint density at radius 2 is 2.57 bits per heavy atom. The van der Waals surface area contributed by atoms with E-state index in [1.165, 1.54) is 6.20 Å². The smallest absolute Gasteiger partial charge is 0.336 e. The fourth-order valence-electron chi connectivity index (χ4n) is 0.866. The number of ether oxygens (including phenoxy) is 1. The molecule has 1 unspecified atom stereocenters. The van der Waals surface area contributed by atoms with E-state index in [-0.39, 0.29) is 19.0 Å². The second-order valence-corrected chi connectivity index (χ2v) is 2.59. The van der Waals surface area contributed by atoms with Gasteiger partial charge in [0, 0.05) is 0 Å². The van der Waals surface area contributed by atoms with Crippen molar-refractivity contribution in [3.63, 3.8) is 0 Å². The molecule has 0 saturated heterocycles. The lowest BCUT2D eigenvalue weighted by molar-refractivity contribution is -0.153. The summed E-state index contributed by atoms with van der Waals surface area (Å²) in [5.41, 5.74) is 5.30. The van der Waals surface area contributed by atoms with Gasteiger partial charge in [0.1, 0.15) is 0 Å². The molecule has 3 N–H and O–H groups in total. The van der Waals surface area contributed by atoms with Gasteiger partial charge in [-0.3, -0.25) is 0 Å².